The minimum absolute atomic E-state index is 0.246. The number of hydrogen-bond donors (Lipinski definition) is 2. The van der Waals surface area contributed by atoms with Crippen LogP contribution in [0.5, 0.6) is 0 Å². The highest BCUT2D eigenvalue weighted by Crippen LogP contribution is 2.26. The van der Waals surface area contributed by atoms with Crippen LogP contribution in [-0.4, -0.2) is 60.1 Å². The van der Waals surface area contributed by atoms with Crippen molar-refractivity contribution in [1.29, 1.82) is 0 Å². The Kier molecular flexibility index (Phi) is 7.51. The van der Waals surface area contributed by atoms with Crippen LogP contribution in [0.4, 0.5) is 20.7 Å². The minimum atomic E-state index is -0.492. The number of ether oxygens (including phenoxy) is 1. The van der Waals surface area contributed by atoms with E-state index in [4.69, 9.17) is 4.74 Å². The summed E-state index contributed by atoms with van der Waals surface area (Å²) >= 11 is 0. The van der Waals surface area contributed by atoms with E-state index in [9.17, 15) is 9.18 Å². The van der Waals surface area contributed by atoms with Gasteiger partial charge in [-0.15, -0.1) is 0 Å². The number of rotatable bonds is 7. The Labute approximate surface area is 243 Å². The molecular formula is C31H35FN8O2. The van der Waals surface area contributed by atoms with Gasteiger partial charge in [0.25, 0.3) is 0 Å². The Hall–Kier alpha value is -4.51. The molecule has 11 heteroatoms. The van der Waals surface area contributed by atoms with Gasteiger partial charge in [0.15, 0.2) is 5.82 Å². The molecule has 0 aliphatic carbocycles. The number of aromatic nitrogens is 5. The third-order valence-corrected chi connectivity index (χ3v) is 7.39. The van der Waals surface area contributed by atoms with E-state index in [2.05, 4.69) is 31.9 Å². The molecule has 1 saturated heterocycles. The molecule has 10 nitrogen and oxygen atoms in total. The maximum absolute atomic E-state index is 13.6. The summed E-state index contributed by atoms with van der Waals surface area (Å²) in [6.07, 6.45) is 6.76. The van der Waals surface area contributed by atoms with Gasteiger partial charge in [0.05, 0.1) is 18.3 Å². The van der Waals surface area contributed by atoms with E-state index in [0.717, 1.165) is 46.1 Å². The number of benzene rings is 2. The molecule has 1 amide bonds. The molecular weight excluding hydrogens is 535 g/mol. The molecule has 0 radical (unpaired) electrons. The van der Waals surface area contributed by atoms with Crippen molar-refractivity contribution < 1.29 is 13.9 Å². The second kappa shape index (κ2) is 11.4. The molecule has 5 aromatic rings. The maximum atomic E-state index is 13.6. The highest BCUT2D eigenvalue weighted by molar-refractivity contribution is 5.85. The van der Waals surface area contributed by atoms with Crippen LogP contribution in [0, 0.1) is 5.82 Å². The van der Waals surface area contributed by atoms with Gasteiger partial charge < -0.3 is 20.3 Å². The number of carbonyl (C=O) groups excluding carboxylic acids is 1. The summed E-state index contributed by atoms with van der Waals surface area (Å²) in [7, 11) is 0. The number of nitrogens with one attached hydrogen (secondary N) is 2. The molecule has 3 aromatic heterocycles. The van der Waals surface area contributed by atoms with Crippen molar-refractivity contribution in [3.8, 4) is 0 Å². The summed E-state index contributed by atoms with van der Waals surface area (Å²) in [5.41, 5.74) is 4.18. The zero-order valence-electron chi connectivity index (χ0n) is 24.0. The van der Waals surface area contributed by atoms with E-state index in [0.29, 0.717) is 38.0 Å². The Morgan fingerprint density at radius 1 is 1.10 bits per heavy atom. The van der Waals surface area contributed by atoms with Gasteiger partial charge in [0.2, 0.25) is 0 Å². The smallest absolute Gasteiger partial charge is 0.410 e. The Morgan fingerprint density at radius 2 is 1.93 bits per heavy atom. The molecule has 1 aliphatic heterocycles. The molecule has 0 spiro atoms. The van der Waals surface area contributed by atoms with Crippen LogP contribution in [-0.2, 0) is 17.8 Å². The van der Waals surface area contributed by atoms with Gasteiger partial charge in [-0.1, -0.05) is 12.1 Å². The van der Waals surface area contributed by atoms with Crippen LogP contribution in [0.3, 0.4) is 0 Å². The van der Waals surface area contributed by atoms with Crippen molar-refractivity contribution in [3.05, 3.63) is 84.2 Å². The van der Waals surface area contributed by atoms with Gasteiger partial charge in [0, 0.05) is 42.9 Å². The highest BCUT2D eigenvalue weighted by Gasteiger charge is 2.27. The molecule has 0 bridgehead atoms. The zero-order valence-corrected chi connectivity index (χ0v) is 24.0. The standard InChI is InChI=1S/C31H35FN8O2/c1-31(2,3)42-30(41)38-12-10-25(11-13-38)33-17-22-9-14-39-28(22)29(34-20-36-39)37-26-7-8-27-23(16-26)18-35-40(27)19-21-5-4-6-24(32)15-21/h4-9,14-16,18,20,25,33H,10-13,17,19H2,1-3H3,(H,34,36,37). The molecule has 0 atom stereocenters. The average molecular weight is 571 g/mol. The molecule has 2 aromatic carbocycles. The van der Waals surface area contributed by atoms with Crippen molar-refractivity contribution >= 4 is 34.0 Å². The summed E-state index contributed by atoms with van der Waals surface area (Å²) in [4.78, 5) is 18.7. The number of likely N-dealkylation sites (tertiary alicyclic amines) is 1. The van der Waals surface area contributed by atoms with Gasteiger partial charge in [-0.05, 0) is 81.1 Å². The Morgan fingerprint density at radius 3 is 2.71 bits per heavy atom. The molecule has 4 heterocycles. The Balaban J connectivity index is 1.12. The number of amides is 1. The van der Waals surface area contributed by atoms with Crippen molar-refractivity contribution in [2.24, 2.45) is 0 Å². The van der Waals surface area contributed by atoms with Crippen molar-refractivity contribution in [2.75, 3.05) is 18.4 Å². The van der Waals surface area contributed by atoms with Gasteiger partial charge in [-0.25, -0.2) is 18.7 Å². The first-order chi connectivity index (χ1) is 20.2. The summed E-state index contributed by atoms with van der Waals surface area (Å²) in [5, 5.41) is 17.0. The lowest BCUT2D eigenvalue weighted by Gasteiger charge is -2.33. The molecule has 1 fully saturated rings. The van der Waals surface area contributed by atoms with E-state index < -0.39 is 5.60 Å². The fraction of sp³-hybridized carbons (Fsp3) is 0.355. The van der Waals surface area contributed by atoms with E-state index in [-0.39, 0.29) is 11.9 Å². The quantitative estimate of drug-likeness (QED) is 0.267. The van der Waals surface area contributed by atoms with E-state index >= 15 is 0 Å². The largest absolute Gasteiger partial charge is 0.444 e. The molecule has 42 heavy (non-hydrogen) atoms. The van der Waals surface area contributed by atoms with Crippen molar-refractivity contribution in [3.63, 3.8) is 0 Å². The molecule has 0 unspecified atom stereocenters. The first-order valence-corrected chi connectivity index (χ1v) is 14.2. The van der Waals surface area contributed by atoms with Crippen LogP contribution in [0.25, 0.3) is 16.4 Å². The number of carbonyl (C=O) groups is 1. The number of piperidine rings is 1. The maximum Gasteiger partial charge on any atom is 0.410 e. The third-order valence-electron chi connectivity index (χ3n) is 7.39. The lowest BCUT2D eigenvalue weighted by atomic mass is 10.0. The van der Waals surface area contributed by atoms with Crippen LogP contribution < -0.4 is 10.6 Å². The monoisotopic (exact) mass is 570 g/mol. The van der Waals surface area contributed by atoms with E-state index in [1.165, 1.54) is 18.5 Å². The Bertz CT molecular complexity index is 1720. The van der Waals surface area contributed by atoms with Gasteiger partial charge >= 0.3 is 6.09 Å². The average Bonchev–Trinajstić information content (AvgIpc) is 3.55. The molecule has 218 valence electrons. The molecule has 6 rings (SSSR count). The normalized spacial score (nSPS) is 14.5. The first kappa shape index (κ1) is 27.6. The second-order valence-electron chi connectivity index (χ2n) is 11.7. The van der Waals surface area contributed by atoms with E-state index in [1.807, 2.05) is 66.6 Å². The number of nitrogens with zero attached hydrogens (tertiary/aromatic N) is 6. The lowest BCUT2D eigenvalue weighted by Crippen LogP contribution is -2.46. The third kappa shape index (κ3) is 6.20. The van der Waals surface area contributed by atoms with Crippen LogP contribution in [0.1, 0.15) is 44.7 Å². The van der Waals surface area contributed by atoms with Crippen molar-refractivity contribution in [1.82, 2.24) is 34.6 Å². The summed E-state index contributed by atoms with van der Waals surface area (Å²) in [6.45, 7) is 8.13. The van der Waals surface area contributed by atoms with E-state index in [1.54, 1.807) is 11.0 Å². The molecule has 2 N–H and O–H groups in total. The second-order valence-corrected chi connectivity index (χ2v) is 11.7. The van der Waals surface area contributed by atoms with Crippen molar-refractivity contribution in [2.45, 2.75) is 58.3 Å². The number of halogens is 1. The van der Waals surface area contributed by atoms with Crippen LogP contribution in [0.15, 0.2) is 67.3 Å². The summed E-state index contributed by atoms with van der Waals surface area (Å²) in [6, 6.07) is 14.9. The van der Waals surface area contributed by atoms with Crippen LogP contribution in [0.2, 0.25) is 0 Å². The minimum Gasteiger partial charge on any atom is -0.444 e. The summed E-state index contributed by atoms with van der Waals surface area (Å²) in [5.74, 6) is 0.452. The SMILES string of the molecule is CC(C)(C)OC(=O)N1CCC(NCc2ccn3ncnc(Nc4ccc5c(cnn5Cc5cccc(F)c5)c4)c23)CC1. The fourth-order valence-corrected chi connectivity index (χ4v) is 5.34. The van der Waals surface area contributed by atoms with Crippen LogP contribution >= 0.6 is 0 Å². The zero-order chi connectivity index (χ0) is 29.3. The molecule has 0 saturated carbocycles. The number of fused-ring (bicyclic) bond motifs is 2. The van der Waals surface area contributed by atoms with Gasteiger partial charge in [-0.2, -0.15) is 10.2 Å². The predicted octanol–water partition coefficient (Wildman–Crippen LogP) is 5.50. The molecule has 1 aliphatic rings. The highest BCUT2D eigenvalue weighted by atomic mass is 19.1. The number of hydrogen-bond acceptors (Lipinski definition) is 7. The topological polar surface area (TPSA) is 102 Å². The summed E-state index contributed by atoms with van der Waals surface area (Å²) < 4.78 is 22.9. The fourth-order valence-electron chi connectivity index (χ4n) is 5.34. The lowest BCUT2D eigenvalue weighted by molar-refractivity contribution is 0.0198. The van der Waals surface area contributed by atoms with Gasteiger partial charge in [-0.3, -0.25) is 4.68 Å². The number of anilines is 2. The predicted molar refractivity (Wildman–Crippen MR) is 159 cm³/mol. The first-order valence-electron chi connectivity index (χ1n) is 14.2. The van der Waals surface area contributed by atoms with Gasteiger partial charge in [0.1, 0.15) is 23.3 Å².